The zero-order valence-electron chi connectivity index (χ0n) is 15.9. The summed E-state index contributed by atoms with van der Waals surface area (Å²) in [4.78, 5) is 18.0. The van der Waals surface area contributed by atoms with Crippen molar-refractivity contribution in [3.05, 3.63) is 79.7 Å². The fourth-order valence-corrected chi connectivity index (χ4v) is 4.23. The molecule has 0 spiro atoms. The van der Waals surface area contributed by atoms with Crippen LogP contribution in [-0.4, -0.2) is 21.1 Å². The lowest BCUT2D eigenvalue weighted by Gasteiger charge is -2.08. The minimum atomic E-state index is -0.127. The summed E-state index contributed by atoms with van der Waals surface area (Å²) in [6.45, 7) is 4.72. The lowest BCUT2D eigenvalue weighted by atomic mass is 10.0. The molecule has 0 amide bonds. The molecule has 0 saturated carbocycles. The maximum atomic E-state index is 13.1. The van der Waals surface area contributed by atoms with Crippen molar-refractivity contribution in [2.45, 2.75) is 19.9 Å². The van der Waals surface area contributed by atoms with Gasteiger partial charge in [0.2, 0.25) is 0 Å². The molecule has 5 rings (SSSR count). The number of hydrogen-bond donors (Lipinski definition) is 2. The second-order valence-corrected chi connectivity index (χ2v) is 8.21. The summed E-state index contributed by atoms with van der Waals surface area (Å²) in [6, 6.07) is 14.0. The Morgan fingerprint density at radius 3 is 2.48 bits per heavy atom. The number of aromatic nitrogens is 3. The highest BCUT2D eigenvalue weighted by molar-refractivity contribution is 6.36. The van der Waals surface area contributed by atoms with Gasteiger partial charge in [0.05, 0.1) is 10.7 Å². The van der Waals surface area contributed by atoms with E-state index in [0.29, 0.717) is 33.0 Å². The number of fused-ring (bicyclic) bond motifs is 1. The smallest absolute Gasteiger partial charge is 0.276 e. The fraction of sp³-hybridized carbons (Fsp3) is 0.182. The summed E-state index contributed by atoms with van der Waals surface area (Å²) in [7, 11) is 0. The van der Waals surface area contributed by atoms with Crippen molar-refractivity contribution in [1.29, 1.82) is 0 Å². The van der Waals surface area contributed by atoms with E-state index in [0.717, 1.165) is 28.9 Å². The standard InChI is InChI=1S/C22H18Cl2N4O/c1-11-20(14-5-3-13(4-6-14)18-10-25-18)26-21-19(12(2)27-28(21)22(11)29)16-8-7-15(23)9-17(16)24/h3-9,18,25,27H,10H2,1-2H3. The Balaban J connectivity index is 1.74. The SMILES string of the molecule is Cc1[nH]n2c(=O)c(C)c(-c3ccc(C4CN4)cc3)nc2c1-c1ccc(Cl)cc1Cl. The van der Waals surface area contributed by atoms with Gasteiger partial charge in [-0.3, -0.25) is 9.89 Å². The summed E-state index contributed by atoms with van der Waals surface area (Å²) < 4.78 is 1.48. The first kappa shape index (κ1) is 18.4. The Morgan fingerprint density at radius 2 is 1.83 bits per heavy atom. The molecule has 1 unspecified atom stereocenters. The minimum Gasteiger partial charge on any atom is -0.307 e. The fourth-order valence-electron chi connectivity index (χ4n) is 3.73. The van der Waals surface area contributed by atoms with Gasteiger partial charge in [-0.1, -0.05) is 53.5 Å². The minimum absolute atomic E-state index is 0.127. The highest BCUT2D eigenvalue weighted by Crippen LogP contribution is 2.35. The number of H-pyrrole nitrogens is 1. The van der Waals surface area contributed by atoms with E-state index in [2.05, 4.69) is 22.5 Å². The van der Waals surface area contributed by atoms with Crippen LogP contribution >= 0.6 is 23.2 Å². The van der Waals surface area contributed by atoms with Crippen LogP contribution in [0.1, 0.15) is 22.9 Å². The van der Waals surface area contributed by atoms with Gasteiger partial charge < -0.3 is 5.32 Å². The summed E-state index contributed by atoms with van der Waals surface area (Å²) in [5, 5.41) is 7.50. The average molecular weight is 425 g/mol. The highest BCUT2D eigenvalue weighted by atomic mass is 35.5. The van der Waals surface area contributed by atoms with E-state index in [-0.39, 0.29) is 5.56 Å². The summed E-state index contributed by atoms with van der Waals surface area (Å²) >= 11 is 12.5. The normalized spacial score (nSPS) is 15.8. The predicted molar refractivity (Wildman–Crippen MR) is 117 cm³/mol. The molecule has 146 valence electrons. The molecule has 1 aliphatic rings. The van der Waals surface area contributed by atoms with Gasteiger partial charge in [-0.2, -0.15) is 0 Å². The number of benzene rings is 2. The maximum Gasteiger partial charge on any atom is 0.276 e. The third-order valence-electron chi connectivity index (χ3n) is 5.38. The van der Waals surface area contributed by atoms with Gasteiger partial charge in [-0.05, 0) is 31.5 Å². The van der Waals surface area contributed by atoms with Crippen LogP contribution in [0, 0.1) is 13.8 Å². The zero-order valence-corrected chi connectivity index (χ0v) is 17.4. The molecule has 2 aromatic carbocycles. The van der Waals surface area contributed by atoms with Gasteiger partial charge in [-0.25, -0.2) is 9.50 Å². The second-order valence-electron chi connectivity index (χ2n) is 7.37. The Labute approximate surface area is 177 Å². The van der Waals surface area contributed by atoms with Crippen LogP contribution in [0.4, 0.5) is 0 Å². The number of rotatable bonds is 3. The molecule has 0 aliphatic carbocycles. The molecule has 0 radical (unpaired) electrons. The molecule has 1 fully saturated rings. The van der Waals surface area contributed by atoms with Crippen molar-refractivity contribution in [3.8, 4) is 22.4 Å². The molecular weight excluding hydrogens is 407 g/mol. The van der Waals surface area contributed by atoms with Crippen molar-refractivity contribution in [1.82, 2.24) is 19.9 Å². The molecule has 4 aromatic rings. The molecule has 0 bridgehead atoms. The molecule has 1 saturated heterocycles. The van der Waals surface area contributed by atoms with E-state index in [9.17, 15) is 4.79 Å². The molecular formula is C22H18Cl2N4O. The zero-order chi connectivity index (χ0) is 20.3. The predicted octanol–water partition coefficient (Wildman–Crippen LogP) is 4.92. The van der Waals surface area contributed by atoms with Crippen LogP contribution in [0.2, 0.25) is 10.0 Å². The molecule has 29 heavy (non-hydrogen) atoms. The summed E-state index contributed by atoms with van der Waals surface area (Å²) in [6.07, 6.45) is 0. The Bertz CT molecular complexity index is 1320. The first-order valence-electron chi connectivity index (χ1n) is 9.35. The van der Waals surface area contributed by atoms with Crippen molar-refractivity contribution < 1.29 is 0 Å². The van der Waals surface area contributed by atoms with Gasteiger partial charge in [0.25, 0.3) is 5.56 Å². The van der Waals surface area contributed by atoms with E-state index >= 15 is 0 Å². The number of aromatic amines is 1. The molecule has 1 aliphatic heterocycles. The summed E-state index contributed by atoms with van der Waals surface area (Å²) in [5.74, 6) is 0. The van der Waals surface area contributed by atoms with Crippen molar-refractivity contribution in [3.63, 3.8) is 0 Å². The first-order chi connectivity index (χ1) is 13.9. The van der Waals surface area contributed by atoms with E-state index in [1.165, 1.54) is 10.1 Å². The second kappa shape index (κ2) is 6.73. The molecule has 2 aromatic heterocycles. The van der Waals surface area contributed by atoms with Crippen molar-refractivity contribution in [2.24, 2.45) is 0 Å². The molecule has 1 atom stereocenters. The lowest BCUT2D eigenvalue weighted by Crippen LogP contribution is -2.19. The number of halogens is 2. The topological polar surface area (TPSA) is 72.1 Å². The van der Waals surface area contributed by atoms with Gasteiger partial charge in [-0.15, -0.1) is 0 Å². The van der Waals surface area contributed by atoms with Crippen LogP contribution < -0.4 is 10.9 Å². The lowest BCUT2D eigenvalue weighted by molar-refractivity contribution is 0.871. The number of hydrogen-bond acceptors (Lipinski definition) is 3. The van der Waals surface area contributed by atoms with Gasteiger partial charge >= 0.3 is 0 Å². The van der Waals surface area contributed by atoms with Crippen molar-refractivity contribution in [2.75, 3.05) is 6.54 Å². The molecule has 5 nitrogen and oxygen atoms in total. The summed E-state index contributed by atoms with van der Waals surface area (Å²) in [5.41, 5.74) is 6.24. The Kier molecular flexibility index (Phi) is 4.28. The van der Waals surface area contributed by atoms with E-state index in [1.807, 2.05) is 25.1 Å². The highest BCUT2D eigenvalue weighted by Gasteiger charge is 2.23. The van der Waals surface area contributed by atoms with E-state index in [4.69, 9.17) is 28.2 Å². The maximum absolute atomic E-state index is 13.1. The molecule has 2 N–H and O–H groups in total. The van der Waals surface area contributed by atoms with Crippen LogP contribution in [0.15, 0.2) is 47.3 Å². The number of aryl methyl sites for hydroxylation is 1. The third kappa shape index (κ3) is 3.06. The van der Waals surface area contributed by atoms with Crippen LogP contribution in [-0.2, 0) is 0 Å². The quantitative estimate of drug-likeness (QED) is 0.458. The monoisotopic (exact) mass is 424 g/mol. The average Bonchev–Trinajstić information content (AvgIpc) is 3.49. The first-order valence-corrected chi connectivity index (χ1v) is 10.1. The van der Waals surface area contributed by atoms with Gasteiger partial charge in [0, 0.05) is 45.6 Å². The largest absolute Gasteiger partial charge is 0.307 e. The van der Waals surface area contributed by atoms with Crippen molar-refractivity contribution >= 4 is 28.8 Å². The van der Waals surface area contributed by atoms with Gasteiger partial charge in [0.15, 0.2) is 5.65 Å². The van der Waals surface area contributed by atoms with E-state index in [1.54, 1.807) is 19.1 Å². The van der Waals surface area contributed by atoms with Gasteiger partial charge in [0.1, 0.15) is 0 Å². The number of nitrogens with one attached hydrogen (secondary N) is 2. The number of nitrogens with zero attached hydrogens (tertiary/aromatic N) is 2. The third-order valence-corrected chi connectivity index (χ3v) is 5.93. The van der Waals surface area contributed by atoms with Crippen LogP contribution in [0.3, 0.4) is 0 Å². The molecule has 7 heteroatoms. The van der Waals surface area contributed by atoms with Crippen LogP contribution in [0.5, 0.6) is 0 Å². The van der Waals surface area contributed by atoms with Crippen LogP contribution in [0.25, 0.3) is 28.0 Å². The Morgan fingerprint density at radius 1 is 1.10 bits per heavy atom. The Hall–Kier alpha value is -2.60. The molecule has 3 heterocycles. The van der Waals surface area contributed by atoms with E-state index < -0.39 is 0 Å².